The summed E-state index contributed by atoms with van der Waals surface area (Å²) in [6, 6.07) is 11.3. The van der Waals surface area contributed by atoms with Crippen molar-refractivity contribution in [2.45, 2.75) is 31.6 Å². The van der Waals surface area contributed by atoms with Crippen molar-refractivity contribution in [2.75, 3.05) is 18.3 Å². The van der Waals surface area contributed by atoms with Gasteiger partial charge in [-0.2, -0.15) is 13.2 Å². The second-order valence-corrected chi connectivity index (χ2v) is 8.49. The van der Waals surface area contributed by atoms with Crippen LogP contribution in [0.1, 0.15) is 29.8 Å². The molecule has 0 saturated carbocycles. The van der Waals surface area contributed by atoms with Crippen molar-refractivity contribution in [3.63, 3.8) is 0 Å². The van der Waals surface area contributed by atoms with Gasteiger partial charge in [0, 0.05) is 5.56 Å². The molecule has 1 N–H and O–H groups in total. The molecule has 1 fully saturated rings. The molecular formula is C22H21ClF3N3O2. The molecule has 1 saturated heterocycles. The number of hydrogen-bond acceptors (Lipinski definition) is 4. The van der Waals surface area contributed by atoms with Crippen molar-refractivity contribution < 1.29 is 22.7 Å². The maximum absolute atomic E-state index is 13.4. The first-order chi connectivity index (χ1) is 14.6. The molecule has 9 heteroatoms. The van der Waals surface area contributed by atoms with E-state index in [-0.39, 0.29) is 12.6 Å². The summed E-state index contributed by atoms with van der Waals surface area (Å²) in [5, 5.41) is 1.64. The zero-order valence-electron chi connectivity index (χ0n) is 16.9. The molecule has 0 aliphatic carbocycles. The highest BCUT2D eigenvalue weighted by Gasteiger charge is 2.44. The number of benzene rings is 2. The first kappa shape index (κ1) is 21.7. The Kier molecular flexibility index (Phi) is 5.49. The van der Waals surface area contributed by atoms with Gasteiger partial charge in [-0.05, 0) is 49.8 Å². The van der Waals surface area contributed by atoms with E-state index in [1.165, 1.54) is 5.01 Å². The number of anilines is 1. The molecule has 0 aromatic heterocycles. The highest BCUT2D eigenvalue weighted by molar-refractivity contribution is 6.33. The largest absolute Gasteiger partial charge is 0.409 e. The zero-order valence-corrected chi connectivity index (χ0v) is 17.7. The predicted molar refractivity (Wildman–Crippen MR) is 112 cm³/mol. The molecule has 1 amide bonds. The fourth-order valence-corrected chi connectivity index (χ4v) is 3.84. The Morgan fingerprint density at radius 1 is 1.16 bits per heavy atom. The normalized spacial score (nSPS) is 20.8. The van der Waals surface area contributed by atoms with Crippen molar-refractivity contribution in [2.24, 2.45) is 0 Å². The fraction of sp³-hybridized carbons (Fsp3) is 0.318. The lowest BCUT2D eigenvalue weighted by Gasteiger charge is -2.29. The zero-order chi connectivity index (χ0) is 22.4. The van der Waals surface area contributed by atoms with Gasteiger partial charge >= 0.3 is 6.18 Å². The van der Waals surface area contributed by atoms with E-state index in [9.17, 15) is 18.0 Å². The van der Waals surface area contributed by atoms with E-state index in [0.29, 0.717) is 34.1 Å². The van der Waals surface area contributed by atoms with Gasteiger partial charge in [-0.15, -0.1) is 0 Å². The number of hydrazine groups is 1. The molecular weight excluding hydrogens is 431 g/mol. The number of nitrogens with zero attached hydrogens (tertiary/aromatic N) is 2. The minimum atomic E-state index is -4.47. The third-order valence-corrected chi connectivity index (χ3v) is 5.68. The van der Waals surface area contributed by atoms with Gasteiger partial charge in [0.2, 0.25) is 0 Å². The highest BCUT2D eigenvalue weighted by Crippen LogP contribution is 2.37. The molecule has 2 heterocycles. The Balaban J connectivity index is 1.66. The minimum absolute atomic E-state index is 0.191. The number of nitrogens with one attached hydrogen (secondary N) is 1. The molecule has 2 aliphatic heterocycles. The second kappa shape index (κ2) is 7.85. The summed E-state index contributed by atoms with van der Waals surface area (Å²) in [7, 11) is 0. The molecule has 5 nitrogen and oxygen atoms in total. The Morgan fingerprint density at radius 2 is 1.84 bits per heavy atom. The number of para-hydroxylation sites is 1. The van der Waals surface area contributed by atoms with Crippen LogP contribution in [0.2, 0.25) is 5.02 Å². The number of halogens is 4. The lowest BCUT2D eigenvalue weighted by Crippen LogP contribution is -2.44. The third-order valence-electron chi connectivity index (χ3n) is 5.36. The standard InChI is InChI=1S/C22H21ClF3N3O2/c1-21(2)12-31-13-28(21)20(30)15-9-7-14(8-10-15)18-11-19(22(24,25)26)27-29(18)17-6-4-3-5-16(17)23/h3-11,19,27H,12-13H2,1-2H3. The molecule has 2 aromatic carbocycles. The molecule has 1 atom stereocenters. The Bertz CT molecular complexity index is 1020. The van der Waals surface area contributed by atoms with Gasteiger partial charge in [-0.3, -0.25) is 9.80 Å². The number of ether oxygens (including phenoxy) is 1. The molecule has 2 aliphatic rings. The molecule has 31 heavy (non-hydrogen) atoms. The number of rotatable bonds is 3. The van der Waals surface area contributed by atoms with Crippen LogP contribution in [-0.4, -0.2) is 41.9 Å². The average molecular weight is 452 g/mol. The molecule has 1 unspecified atom stereocenters. The summed E-state index contributed by atoms with van der Waals surface area (Å²) < 4.78 is 45.7. The summed E-state index contributed by atoms with van der Waals surface area (Å²) in [5.74, 6) is -0.191. The number of hydrogen-bond donors (Lipinski definition) is 1. The van der Waals surface area contributed by atoms with E-state index in [0.717, 1.165) is 6.08 Å². The van der Waals surface area contributed by atoms with Gasteiger partial charge in [0.25, 0.3) is 5.91 Å². The van der Waals surface area contributed by atoms with Crippen molar-refractivity contribution in [3.05, 3.63) is 70.8 Å². The van der Waals surface area contributed by atoms with Gasteiger partial charge in [-0.1, -0.05) is 35.9 Å². The van der Waals surface area contributed by atoms with Gasteiger partial charge in [0.1, 0.15) is 12.8 Å². The monoisotopic (exact) mass is 451 g/mol. The third kappa shape index (κ3) is 4.15. The molecule has 0 bridgehead atoms. The smallest absolute Gasteiger partial charge is 0.359 e. The van der Waals surface area contributed by atoms with Crippen LogP contribution in [0.15, 0.2) is 54.6 Å². The van der Waals surface area contributed by atoms with Crippen LogP contribution in [0.4, 0.5) is 18.9 Å². The van der Waals surface area contributed by atoms with Crippen molar-refractivity contribution in [1.82, 2.24) is 10.3 Å². The lowest BCUT2D eigenvalue weighted by molar-refractivity contribution is -0.142. The van der Waals surface area contributed by atoms with E-state index in [2.05, 4.69) is 5.43 Å². The van der Waals surface area contributed by atoms with E-state index in [4.69, 9.17) is 16.3 Å². The van der Waals surface area contributed by atoms with E-state index >= 15 is 0 Å². The number of carbonyl (C=O) groups excluding carboxylic acids is 1. The fourth-order valence-electron chi connectivity index (χ4n) is 3.62. The second-order valence-electron chi connectivity index (χ2n) is 8.09. The van der Waals surface area contributed by atoms with Crippen molar-refractivity contribution in [3.8, 4) is 0 Å². The Hall–Kier alpha value is -2.55. The van der Waals surface area contributed by atoms with E-state index in [1.54, 1.807) is 53.4 Å². The van der Waals surface area contributed by atoms with Crippen molar-refractivity contribution in [1.29, 1.82) is 0 Å². The van der Waals surface area contributed by atoms with Crippen LogP contribution in [-0.2, 0) is 4.74 Å². The minimum Gasteiger partial charge on any atom is -0.359 e. The first-order valence-corrected chi connectivity index (χ1v) is 10.1. The number of carbonyl (C=O) groups is 1. The van der Waals surface area contributed by atoms with Crippen LogP contribution in [0.25, 0.3) is 5.70 Å². The lowest BCUT2D eigenvalue weighted by atomic mass is 10.0. The van der Waals surface area contributed by atoms with Gasteiger partial charge in [0.05, 0.1) is 28.6 Å². The average Bonchev–Trinajstić information content (AvgIpc) is 3.31. The Labute approximate surface area is 183 Å². The van der Waals surface area contributed by atoms with Crippen LogP contribution in [0, 0.1) is 0 Å². The van der Waals surface area contributed by atoms with Crippen LogP contribution < -0.4 is 10.4 Å². The first-order valence-electron chi connectivity index (χ1n) is 9.67. The summed E-state index contributed by atoms with van der Waals surface area (Å²) >= 11 is 6.23. The maximum Gasteiger partial charge on any atom is 0.409 e. The van der Waals surface area contributed by atoms with E-state index in [1.807, 2.05) is 13.8 Å². The molecule has 4 rings (SSSR count). The Morgan fingerprint density at radius 3 is 2.42 bits per heavy atom. The van der Waals surface area contributed by atoms with Crippen LogP contribution in [0.5, 0.6) is 0 Å². The SMILES string of the molecule is CC1(C)COCN1C(=O)c1ccc(C2=CC(C(F)(F)F)NN2c2ccccc2Cl)cc1. The molecule has 2 aromatic rings. The quantitative estimate of drug-likeness (QED) is 0.725. The topological polar surface area (TPSA) is 44.8 Å². The van der Waals surface area contributed by atoms with Gasteiger partial charge < -0.3 is 9.64 Å². The van der Waals surface area contributed by atoms with Gasteiger partial charge in [-0.25, -0.2) is 5.43 Å². The summed E-state index contributed by atoms with van der Waals surface area (Å²) in [4.78, 5) is 14.5. The molecule has 164 valence electrons. The number of alkyl halides is 3. The van der Waals surface area contributed by atoms with E-state index < -0.39 is 17.8 Å². The molecule has 0 spiro atoms. The van der Waals surface area contributed by atoms with Crippen LogP contribution >= 0.6 is 11.6 Å². The van der Waals surface area contributed by atoms with Crippen LogP contribution in [0.3, 0.4) is 0 Å². The summed E-state index contributed by atoms with van der Waals surface area (Å²) in [6.45, 7) is 4.48. The maximum atomic E-state index is 13.4. The van der Waals surface area contributed by atoms with Crippen molar-refractivity contribution >= 4 is 28.9 Å². The summed E-state index contributed by atoms with van der Waals surface area (Å²) in [5.41, 5.74) is 3.71. The molecule has 0 radical (unpaired) electrons. The predicted octanol–water partition coefficient (Wildman–Crippen LogP) is 4.85. The summed E-state index contributed by atoms with van der Waals surface area (Å²) in [6.07, 6.45) is -3.37. The number of amides is 1. The highest BCUT2D eigenvalue weighted by atomic mass is 35.5. The van der Waals surface area contributed by atoms with Gasteiger partial charge in [0.15, 0.2) is 0 Å².